The predicted octanol–water partition coefficient (Wildman–Crippen LogP) is -0.865. The number of rotatable bonds is 6. The first-order chi connectivity index (χ1) is 9.58. The minimum atomic E-state index is -0.532. The van der Waals surface area contributed by atoms with E-state index in [1.165, 1.54) is 11.1 Å². The van der Waals surface area contributed by atoms with E-state index in [0.717, 1.165) is 19.4 Å². The van der Waals surface area contributed by atoms with Crippen molar-refractivity contribution in [3.05, 3.63) is 6.33 Å². The van der Waals surface area contributed by atoms with Gasteiger partial charge >= 0.3 is 0 Å². The number of nitrogens with zero attached hydrogens (tertiary/aromatic N) is 4. The fourth-order valence-electron chi connectivity index (χ4n) is 2.28. The van der Waals surface area contributed by atoms with E-state index in [2.05, 4.69) is 26.0 Å². The summed E-state index contributed by atoms with van der Waals surface area (Å²) in [6, 6.07) is -0.718. The molecular formula is C12H20N6O2. The number of hydrogen-bond acceptors (Lipinski definition) is 6. The quantitative estimate of drug-likeness (QED) is 0.702. The summed E-state index contributed by atoms with van der Waals surface area (Å²) in [5.41, 5.74) is 0. The minimum absolute atomic E-state index is 0.0105. The molecule has 1 saturated heterocycles. The van der Waals surface area contributed by atoms with Gasteiger partial charge in [0.25, 0.3) is 0 Å². The molecule has 0 saturated carbocycles. The lowest BCUT2D eigenvalue weighted by Crippen LogP contribution is -2.51. The normalized spacial score (nSPS) is 20.1. The summed E-state index contributed by atoms with van der Waals surface area (Å²) in [6.07, 6.45) is 3.08. The highest BCUT2D eigenvalue weighted by Crippen LogP contribution is 2.08. The Labute approximate surface area is 117 Å². The van der Waals surface area contributed by atoms with Gasteiger partial charge in [0, 0.05) is 0 Å². The Morgan fingerprint density at radius 2 is 2.30 bits per heavy atom. The fourth-order valence-corrected chi connectivity index (χ4v) is 2.28. The first-order valence-corrected chi connectivity index (χ1v) is 6.85. The van der Waals surface area contributed by atoms with Crippen LogP contribution in [0.1, 0.15) is 26.7 Å². The van der Waals surface area contributed by atoms with E-state index in [0.29, 0.717) is 0 Å². The minimum Gasteiger partial charge on any atom is -0.345 e. The number of carbonyl (C=O) groups excluding carboxylic acids is 2. The molecule has 0 radical (unpaired) electrons. The van der Waals surface area contributed by atoms with Gasteiger partial charge in [-0.3, -0.25) is 9.59 Å². The average molecular weight is 280 g/mol. The van der Waals surface area contributed by atoms with Crippen LogP contribution in [-0.4, -0.2) is 50.5 Å². The van der Waals surface area contributed by atoms with Crippen LogP contribution in [0.3, 0.4) is 0 Å². The molecule has 0 aliphatic carbocycles. The van der Waals surface area contributed by atoms with Crippen molar-refractivity contribution in [2.75, 3.05) is 6.54 Å². The Balaban J connectivity index is 1.95. The van der Waals surface area contributed by atoms with Crippen molar-refractivity contribution in [2.24, 2.45) is 5.92 Å². The monoisotopic (exact) mass is 280 g/mol. The maximum atomic E-state index is 12.2. The lowest BCUT2D eigenvalue weighted by molar-refractivity contribution is -0.130. The predicted molar refractivity (Wildman–Crippen MR) is 70.6 cm³/mol. The van der Waals surface area contributed by atoms with E-state index in [-0.39, 0.29) is 30.2 Å². The smallest absolute Gasteiger partial charge is 0.237 e. The van der Waals surface area contributed by atoms with Crippen LogP contribution in [0.4, 0.5) is 0 Å². The zero-order chi connectivity index (χ0) is 14.5. The lowest BCUT2D eigenvalue weighted by Gasteiger charge is -2.22. The number of carbonyl (C=O) groups is 2. The van der Waals surface area contributed by atoms with Crippen LogP contribution < -0.4 is 10.6 Å². The second-order valence-corrected chi connectivity index (χ2v) is 5.31. The maximum Gasteiger partial charge on any atom is 0.237 e. The molecule has 0 spiro atoms. The van der Waals surface area contributed by atoms with Gasteiger partial charge in [0.1, 0.15) is 6.54 Å². The molecule has 0 bridgehead atoms. The molecule has 1 aromatic rings. The van der Waals surface area contributed by atoms with Crippen molar-refractivity contribution >= 4 is 11.7 Å². The number of ketones is 1. The summed E-state index contributed by atoms with van der Waals surface area (Å²) >= 11 is 0. The summed E-state index contributed by atoms with van der Waals surface area (Å²) in [5, 5.41) is 17.0. The summed E-state index contributed by atoms with van der Waals surface area (Å²) in [7, 11) is 0. The summed E-state index contributed by atoms with van der Waals surface area (Å²) in [6.45, 7) is 4.67. The SMILES string of the molecule is CC(C)C(NC(=O)C1CCCN1)C(=O)Cn1ncnn1. The average Bonchev–Trinajstić information content (AvgIpc) is 3.07. The van der Waals surface area contributed by atoms with Gasteiger partial charge < -0.3 is 10.6 Å². The van der Waals surface area contributed by atoms with Gasteiger partial charge in [-0.15, -0.1) is 10.2 Å². The molecule has 2 atom stereocenters. The third kappa shape index (κ3) is 3.60. The highest BCUT2D eigenvalue weighted by Gasteiger charge is 2.29. The van der Waals surface area contributed by atoms with Crippen molar-refractivity contribution in [3.8, 4) is 0 Å². The standard InChI is InChI=1S/C12H20N6O2/c1-8(2)11(10(19)6-18-15-7-14-17-18)16-12(20)9-4-3-5-13-9/h7-9,11,13H,3-6H2,1-2H3,(H,16,20). The van der Waals surface area contributed by atoms with E-state index in [1.807, 2.05) is 13.8 Å². The molecule has 110 valence electrons. The molecule has 1 amide bonds. The molecule has 1 fully saturated rings. The summed E-state index contributed by atoms with van der Waals surface area (Å²) in [4.78, 5) is 25.5. The number of nitrogens with one attached hydrogen (secondary N) is 2. The van der Waals surface area contributed by atoms with Gasteiger partial charge in [0.2, 0.25) is 5.91 Å². The van der Waals surface area contributed by atoms with Crippen LogP contribution in [0.5, 0.6) is 0 Å². The molecule has 2 unspecified atom stereocenters. The first kappa shape index (κ1) is 14.6. The van der Waals surface area contributed by atoms with Crippen molar-refractivity contribution < 1.29 is 9.59 Å². The Bertz CT molecular complexity index is 453. The Hall–Kier alpha value is -1.83. The molecule has 20 heavy (non-hydrogen) atoms. The number of Topliss-reactive ketones (excluding diaryl/α,β-unsaturated/α-hetero) is 1. The largest absolute Gasteiger partial charge is 0.345 e. The van der Waals surface area contributed by atoms with E-state index in [9.17, 15) is 9.59 Å². The molecule has 2 rings (SSSR count). The number of amides is 1. The van der Waals surface area contributed by atoms with Crippen LogP contribution in [0.15, 0.2) is 6.33 Å². The van der Waals surface area contributed by atoms with Gasteiger partial charge in [0.15, 0.2) is 12.1 Å². The van der Waals surface area contributed by atoms with Crippen molar-refractivity contribution in [2.45, 2.75) is 45.3 Å². The van der Waals surface area contributed by atoms with Gasteiger partial charge in [-0.1, -0.05) is 13.8 Å². The van der Waals surface area contributed by atoms with Gasteiger partial charge in [0.05, 0.1) is 12.1 Å². The van der Waals surface area contributed by atoms with E-state index >= 15 is 0 Å². The zero-order valence-electron chi connectivity index (χ0n) is 11.7. The number of hydrogen-bond donors (Lipinski definition) is 2. The molecule has 1 aromatic heterocycles. The first-order valence-electron chi connectivity index (χ1n) is 6.85. The Morgan fingerprint density at radius 1 is 1.50 bits per heavy atom. The van der Waals surface area contributed by atoms with E-state index in [4.69, 9.17) is 0 Å². The van der Waals surface area contributed by atoms with Crippen LogP contribution in [0, 0.1) is 5.92 Å². The third-order valence-corrected chi connectivity index (χ3v) is 3.38. The maximum absolute atomic E-state index is 12.2. The van der Waals surface area contributed by atoms with Crippen molar-refractivity contribution in [1.82, 2.24) is 30.8 Å². The molecule has 8 heteroatoms. The van der Waals surface area contributed by atoms with Crippen LogP contribution in [0.25, 0.3) is 0 Å². The summed E-state index contributed by atoms with van der Waals surface area (Å²) < 4.78 is 0. The zero-order valence-corrected chi connectivity index (χ0v) is 11.7. The second-order valence-electron chi connectivity index (χ2n) is 5.31. The second kappa shape index (κ2) is 6.56. The Kier molecular flexibility index (Phi) is 4.78. The fraction of sp³-hybridized carbons (Fsp3) is 0.750. The molecule has 0 aromatic carbocycles. The van der Waals surface area contributed by atoms with Crippen molar-refractivity contribution in [3.63, 3.8) is 0 Å². The molecule has 1 aliphatic rings. The number of tetrazole rings is 1. The molecule has 2 heterocycles. The topological polar surface area (TPSA) is 102 Å². The molecule has 2 N–H and O–H groups in total. The van der Waals surface area contributed by atoms with Gasteiger partial charge in [-0.25, -0.2) is 0 Å². The van der Waals surface area contributed by atoms with Crippen molar-refractivity contribution in [1.29, 1.82) is 0 Å². The van der Waals surface area contributed by atoms with Gasteiger partial charge in [-0.05, 0) is 30.5 Å². The highest BCUT2D eigenvalue weighted by molar-refractivity contribution is 5.91. The third-order valence-electron chi connectivity index (χ3n) is 3.38. The molecular weight excluding hydrogens is 260 g/mol. The van der Waals surface area contributed by atoms with Crippen LogP contribution in [-0.2, 0) is 16.1 Å². The van der Waals surface area contributed by atoms with Gasteiger partial charge in [-0.2, -0.15) is 4.80 Å². The summed E-state index contributed by atoms with van der Waals surface area (Å²) in [5.74, 6) is -0.221. The van der Waals surface area contributed by atoms with E-state index < -0.39 is 6.04 Å². The van der Waals surface area contributed by atoms with Crippen LogP contribution >= 0.6 is 0 Å². The highest BCUT2D eigenvalue weighted by atomic mass is 16.2. The molecule has 8 nitrogen and oxygen atoms in total. The number of aromatic nitrogens is 4. The lowest BCUT2D eigenvalue weighted by atomic mass is 9.99. The van der Waals surface area contributed by atoms with E-state index in [1.54, 1.807) is 0 Å². The van der Waals surface area contributed by atoms with Crippen LogP contribution in [0.2, 0.25) is 0 Å². The molecule has 1 aliphatic heterocycles. The Morgan fingerprint density at radius 3 is 2.85 bits per heavy atom.